The van der Waals surface area contributed by atoms with Gasteiger partial charge in [0.25, 0.3) is 5.91 Å². The van der Waals surface area contributed by atoms with E-state index in [1.165, 1.54) is 6.20 Å². The van der Waals surface area contributed by atoms with Gasteiger partial charge in [0.1, 0.15) is 11.6 Å². The number of nitrogens with one attached hydrogen (secondary N) is 1. The zero-order valence-corrected chi connectivity index (χ0v) is 18.9. The molecule has 1 amide bonds. The van der Waals surface area contributed by atoms with Gasteiger partial charge in [-0.3, -0.25) is 4.79 Å². The Morgan fingerprint density at radius 3 is 2.61 bits per heavy atom. The van der Waals surface area contributed by atoms with Gasteiger partial charge in [-0.2, -0.15) is 5.26 Å². The van der Waals surface area contributed by atoms with Crippen molar-refractivity contribution >= 4 is 15.7 Å². The highest BCUT2D eigenvalue weighted by Gasteiger charge is 2.31. The molecule has 2 rings (SSSR count). The average molecular weight is 452 g/mol. The molecule has 0 aliphatic carbocycles. The molecule has 1 unspecified atom stereocenters. The number of hydrogen-bond acceptors (Lipinski definition) is 8. The second-order valence-corrected chi connectivity index (χ2v) is 9.37. The van der Waals surface area contributed by atoms with Crippen molar-refractivity contribution in [2.75, 3.05) is 52.5 Å². The highest BCUT2D eigenvalue weighted by Crippen LogP contribution is 2.27. The summed E-state index contributed by atoms with van der Waals surface area (Å²) in [6.45, 7) is 1.07. The van der Waals surface area contributed by atoms with E-state index in [4.69, 9.17) is 14.2 Å². The quantitative estimate of drug-likeness (QED) is 0.390. The summed E-state index contributed by atoms with van der Waals surface area (Å²) in [7, 11) is 1.56. The fraction of sp³-hybridized carbons (Fsp3) is 0.524. The van der Waals surface area contributed by atoms with E-state index in [-0.39, 0.29) is 23.1 Å². The van der Waals surface area contributed by atoms with Crippen LogP contribution in [0, 0.1) is 11.3 Å². The van der Waals surface area contributed by atoms with Crippen LogP contribution in [0.15, 0.2) is 30.0 Å². The Morgan fingerprint density at radius 1 is 1.29 bits per heavy atom. The van der Waals surface area contributed by atoms with E-state index in [2.05, 4.69) is 5.32 Å². The molecule has 1 aromatic rings. The van der Waals surface area contributed by atoms with Crippen molar-refractivity contribution in [2.24, 2.45) is 0 Å². The van der Waals surface area contributed by atoms with Crippen LogP contribution in [0.2, 0.25) is 0 Å². The number of hydrogen-bond donors (Lipinski definition) is 1. The summed E-state index contributed by atoms with van der Waals surface area (Å²) in [5.41, 5.74) is 0.867. The van der Waals surface area contributed by atoms with Crippen molar-refractivity contribution in [2.45, 2.75) is 18.9 Å². The van der Waals surface area contributed by atoms with Crippen LogP contribution in [0.3, 0.4) is 0 Å². The fourth-order valence-electron chi connectivity index (χ4n) is 3.34. The summed E-state index contributed by atoms with van der Waals surface area (Å²) in [4.78, 5) is 14.2. The SMILES string of the molecule is COCCN(/C=C(/C#N)C(=O)NCCc1ccc(OC)c(OC)c1)C1CCS(=O)(=O)C1. The van der Waals surface area contributed by atoms with E-state index in [1.807, 2.05) is 18.2 Å². The van der Waals surface area contributed by atoms with Gasteiger partial charge in [-0.05, 0) is 30.5 Å². The number of ether oxygens (including phenoxy) is 3. The Hall–Kier alpha value is -2.77. The lowest BCUT2D eigenvalue weighted by Crippen LogP contribution is -2.36. The minimum atomic E-state index is -3.10. The topological polar surface area (TPSA) is 118 Å². The van der Waals surface area contributed by atoms with Gasteiger partial charge in [-0.1, -0.05) is 6.07 Å². The first-order valence-corrected chi connectivity index (χ1v) is 11.7. The number of amides is 1. The second kappa shape index (κ2) is 11.6. The highest BCUT2D eigenvalue weighted by atomic mass is 32.2. The monoisotopic (exact) mass is 451 g/mol. The number of carbonyl (C=O) groups is 1. The fourth-order valence-corrected chi connectivity index (χ4v) is 5.08. The van der Waals surface area contributed by atoms with Crippen LogP contribution in [0.5, 0.6) is 11.5 Å². The van der Waals surface area contributed by atoms with Crippen molar-refractivity contribution in [3.05, 3.63) is 35.5 Å². The van der Waals surface area contributed by atoms with Crippen LogP contribution in [0.1, 0.15) is 12.0 Å². The van der Waals surface area contributed by atoms with E-state index >= 15 is 0 Å². The zero-order chi connectivity index (χ0) is 22.9. The van der Waals surface area contributed by atoms with Crippen molar-refractivity contribution in [1.82, 2.24) is 10.2 Å². The lowest BCUT2D eigenvalue weighted by Gasteiger charge is -2.26. The van der Waals surface area contributed by atoms with Gasteiger partial charge in [0.05, 0.1) is 32.3 Å². The minimum Gasteiger partial charge on any atom is -0.493 e. The number of sulfone groups is 1. The Bertz CT molecular complexity index is 939. The molecule has 10 heteroatoms. The minimum absolute atomic E-state index is 0.00679. The van der Waals surface area contributed by atoms with E-state index in [0.717, 1.165) is 5.56 Å². The summed E-state index contributed by atoms with van der Waals surface area (Å²) in [5.74, 6) is 0.826. The number of nitriles is 1. The third-order valence-corrected chi connectivity index (χ3v) is 6.79. The summed E-state index contributed by atoms with van der Waals surface area (Å²) in [5, 5.41) is 12.2. The molecule has 0 spiro atoms. The van der Waals surface area contributed by atoms with E-state index in [0.29, 0.717) is 44.0 Å². The number of nitrogens with zero attached hydrogens (tertiary/aromatic N) is 2. The number of carbonyl (C=O) groups excluding carboxylic acids is 1. The van der Waals surface area contributed by atoms with Crippen LogP contribution < -0.4 is 14.8 Å². The molecule has 0 aromatic heterocycles. The Balaban J connectivity index is 2.02. The lowest BCUT2D eigenvalue weighted by molar-refractivity contribution is -0.117. The standard InChI is InChI=1S/C21H29N3O6S/c1-28-10-9-24(18-7-11-31(26,27)15-18)14-17(13-22)21(25)23-8-6-16-4-5-19(29-2)20(12-16)30-3/h4-5,12,14,18H,6-11,15H2,1-3H3,(H,23,25)/b17-14-. The maximum absolute atomic E-state index is 12.5. The molecule has 1 atom stereocenters. The van der Waals surface area contributed by atoms with Gasteiger partial charge in [0.15, 0.2) is 21.3 Å². The molecule has 1 fully saturated rings. The van der Waals surface area contributed by atoms with Gasteiger partial charge in [0, 0.05) is 32.4 Å². The first-order valence-electron chi connectivity index (χ1n) is 9.89. The molecule has 1 saturated heterocycles. The second-order valence-electron chi connectivity index (χ2n) is 7.14. The van der Waals surface area contributed by atoms with Crippen LogP contribution >= 0.6 is 0 Å². The number of methoxy groups -OCH3 is 3. The molecule has 0 radical (unpaired) electrons. The van der Waals surface area contributed by atoms with Crippen molar-refractivity contribution in [1.29, 1.82) is 5.26 Å². The maximum atomic E-state index is 12.5. The molecule has 1 aliphatic heterocycles. The highest BCUT2D eigenvalue weighted by molar-refractivity contribution is 7.91. The molecule has 9 nitrogen and oxygen atoms in total. The molecule has 170 valence electrons. The largest absolute Gasteiger partial charge is 0.493 e. The lowest BCUT2D eigenvalue weighted by atomic mass is 10.1. The molecular formula is C21H29N3O6S. The van der Waals surface area contributed by atoms with Crippen molar-refractivity contribution in [3.8, 4) is 17.6 Å². The number of benzene rings is 1. The molecule has 0 saturated carbocycles. The molecule has 0 bridgehead atoms. The first-order chi connectivity index (χ1) is 14.8. The Labute approximate surface area is 183 Å². The van der Waals surface area contributed by atoms with Crippen LogP contribution in [0.4, 0.5) is 0 Å². The smallest absolute Gasteiger partial charge is 0.263 e. The van der Waals surface area contributed by atoms with Gasteiger partial charge in [-0.25, -0.2) is 8.42 Å². The maximum Gasteiger partial charge on any atom is 0.263 e. The normalized spacial score (nSPS) is 17.6. The number of rotatable bonds is 11. The van der Waals surface area contributed by atoms with Gasteiger partial charge >= 0.3 is 0 Å². The van der Waals surface area contributed by atoms with E-state index in [9.17, 15) is 18.5 Å². The van der Waals surface area contributed by atoms with Crippen molar-refractivity contribution in [3.63, 3.8) is 0 Å². The molecular weight excluding hydrogens is 422 g/mol. The van der Waals surface area contributed by atoms with Crippen LogP contribution in [-0.2, 0) is 25.8 Å². The van der Waals surface area contributed by atoms with Gasteiger partial charge < -0.3 is 24.4 Å². The summed E-state index contributed by atoms with van der Waals surface area (Å²) in [6, 6.07) is 7.14. The Kier molecular flexibility index (Phi) is 9.15. The van der Waals surface area contributed by atoms with Gasteiger partial charge in [0.2, 0.25) is 0 Å². The van der Waals surface area contributed by atoms with E-state index < -0.39 is 15.7 Å². The average Bonchev–Trinajstić information content (AvgIpc) is 3.13. The molecule has 1 aliphatic rings. The predicted octanol–water partition coefficient (Wildman–Crippen LogP) is 0.905. The summed E-state index contributed by atoms with van der Waals surface area (Å²) < 4.78 is 39.2. The zero-order valence-electron chi connectivity index (χ0n) is 18.1. The van der Waals surface area contributed by atoms with E-state index in [1.54, 1.807) is 32.3 Å². The summed E-state index contributed by atoms with van der Waals surface area (Å²) in [6.07, 6.45) is 2.44. The predicted molar refractivity (Wildman–Crippen MR) is 116 cm³/mol. The summed E-state index contributed by atoms with van der Waals surface area (Å²) >= 11 is 0. The molecule has 1 aromatic carbocycles. The Morgan fingerprint density at radius 2 is 2.03 bits per heavy atom. The third-order valence-electron chi connectivity index (χ3n) is 5.04. The first kappa shape index (κ1) is 24.5. The third kappa shape index (κ3) is 7.15. The van der Waals surface area contributed by atoms with Crippen molar-refractivity contribution < 1.29 is 27.4 Å². The molecule has 1 heterocycles. The van der Waals surface area contributed by atoms with Gasteiger partial charge in [-0.15, -0.1) is 0 Å². The molecule has 31 heavy (non-hydrogen) atoms. The van der Waals surface area contributed by atoms with Crippen LogP contribution in [0.25, 0.3) is 0 Å². The van der Waals surface area contributed by atoms with Crippen LogP contribution in [-0.4, -0.2) is 77.8 Å². The molecule has 1 N–H and O–H groups in total.